The highest BCUT2D eigenvalue weighted by Gasteiger charge is 2.25. The average molecular weight is 459 g/mol. The van der Waals surface area contributed by atoms with Gasteiger partial charge in [0, 0.05) is 22.5 Å². The van der Waals surface area contributed by atoms with Crippen molar-refractivity contribution in [2.24, 2.45) is 0 Å². The minimum absolute atomic E-state index is 0.108. The number of rotatable bonds is 5. The second-order valence-corrected chi connectivity index (χ2v) is 9.72. The van der Waals surface area contributed by atoms with Crippen LogP contribution in [0, 0.1) is 6.92 Å². The van der Waals surface area contributed by atoms with Crippen LogP contribution in [0.1, 0.15) is 27.2 Å². The number of aryl methyl sites for hydroxylation is 2. The van der Waals surface area contributed by atoms with Crippen LogP contribution < -0.4 is 10.0 Å². The summed E-state index contributed by atoms with van der Waals surface area (Å²) in [6.45, 7) is 1.93. The molecular formula is C25H22N4O3S. The lowest BCUT2D eigenvalue weighted by Gasteiger charge is -2.15. The highest BCUT2D eigenvalue weighted by molar-refractivity contribution is 7.92. The molecule has 0 fully saturated rings. The molecule has 1 aliphatic carbocycles. The molecule has 3 N–H and O–H groups in total. The van der Waals surface area contributed by atoms with Gasteiger partial charge in [-0.1, -0.05) is 42.0 Å². The minimum atomic E-state index is -3.73. The molecule has 0 unspecified atom stereocenters. The Morgan fingerprint density at radius 2 is 1.61 bits per heavy atom. The quantitative estimate of drug-likeness (QED) is 0.408. The Hall–Kier alpha value is -3.91. The zero-order chi connectivity index (χ0) is 23.0. The van der Waals surface area contributed by atoms with Crippen LogP contribution in [-0.2, 0) is 22.9 Å². The first-order valence-corrected chi connectivity index (χ1v) is 12.1. The fraction of sp³-hybridized carbons (Fsp3) is 0.120. The maximum Gasteiger partial charge on any atom is 0.273 e. The third-order valence-corrected chi connectivity index (χ3v) is 7.13. The molecule has 0 atom stereocenters. The molecule has 0 aliphatic heterocycles. The van der Waals surface area contributed by atoms with E-state index in [2.05, 4.69) is 26.3 Å². The number of carbonyl (C=O) groups excluding carboxylic acids is 1. The maximum absolute atomic E-state index is 12.9. The number of nitrogens with one attached hydrogen (secondary N) is 3. The monoisotopic (exact) mass is 458 g/mol. The molecule has 0 saturated carbocycles. The molecule has 0 spiro atoms. The first-order chi connectivity index (χ1) is 15.9. The molecule has 1 amide bonds. The predicted octanol–water partition coefficient (Wildman–Crippen LogP) is 4.54. The zero-order valence-electron chi connectivity index (χ0n) is 17.9. The van der Waals surface area contributed by atoms with Crippen LogP contribution in [0.3, 0.4) is 0 Å². The molecule has 0 radical (unpaired) electrons. The Bertz CT molecular complexity index is 1440. The van der Waals surface area contributed by atoms with Crippen molar-refractivity contribution < 1.29 is 13.2 Å². The highest BCUT2D eigenvalue weighted by Crippen LogP contribution is 2.33. The van der Waals surface area contributed by atoms with Crippen molar-refractivity contribution in [3.8, 4) is 11.3 Å². The van der Waals surface area contributed by atoms with E-state index in [1.54, 1.807) is 24.3 Å². The van der Waals surface area contributed by atoms with E-state index in [4.69, 9.17) is 0 Å². The molecule has 1 heterocycles. The van der Waals surface area contributed by atoms with E-state index in [1.807, 2.05) is 37.3 Å². The number of aromatic amines is 1. The van der Waals surface area contributed by atoms with Gasteiger partial charge in [-0.3, -0.25) is 14.6 Å². The van der Waals surface area contributed by atoms with Crippen LogP contribution in [0.5, 0.6) is 0 Å². The summed E-state index contributed by atoms with van der Waals surface area (Å²) >= 11 is 0. The van der Waals surface area contributed by atoms with Crippen LogP contribution in [0.15, 0.2) is 77.7 Å². The SMILES string of the molecule is Cc1ccc(NS(=O)(=O)c2ccc(NC(=O)c3[nH]nc4c3CCc3ccccc3-4)cc2)cc1. The molecule has 8 heteroatoms. The van der Waals surface area contributed by atoms with Gasteiger partial charge in [-0.05, 0) is 61.7 Å². The third-order valence-electron chi connectivity index (χ3n) is 5.74. The van der Waals surface area contributed by atoms with E-state index in [-0.39, 0.29) is 10.8 Å². The number of H-pyrrole nitrogens is 1. The molecule has 5 rings (SSSR count). The number of carbonyl (C=O) groups is 1. The van der Waals surface area contributed by atoms with Crippen molar-refractivity contribution >= 4 is 27.3 Å². The summed E-state index contributed by atoms with van der Waals surface area (Å²) in [5.74, 6) is -0.309. The molecule has 33 heavy (non-hydrogen) atoms. The van der Waals surface area contributed by atoms with Gasteiger partial charge in [0.15, 0.2) is 0 Å². The van der Waals surface area contributed by atoms with Crippen molar-refractivity contribution in [3.05, 3.63) is 95.2 Å². The number of amides is 1. The first-order valence-electron chi connectivity index (χ1n) is 10.6. The van der Waals surface area contributed by atoms with Gasteiger partial charge in [-0.15, -0.1) is 0 Å². The number of nitrogens with zero attached hydrogens (tertiary/aromatic N) is 1. The Kier molecular flexibility index (Phi) is 5.22. The third kappa shape index (κ3) is 4.12. The van der Waals surface area contributed by atoms with Crippen molar-refractivity contribution in [1.82, 2.24) is 10.2 Å². The molecule has 4 aromatic rings. The summed E-state index contributed by atoms with van der Waals surface area (Å²) in [6, 6.07) is 21.2. The van der Waals surface area contributed by atoms with Crippen molar-refractivity contribution in [1.29, 1.82) is 0 Å². The topological polar surface area (TPSA) is 104 Å². The second kappa shape index (κ2) is 8.22. The summed E-state index contributed by atoms with van der Waals surface area (Å²) in [6.07, 6.45) is 1.58. The average Bonchev–Trinajstić information content (AvgIpc) is 3.26. The van der Waals surface area contributed by atoms with Crippen molar-refractivity contribution in [3.63, 3.8) is 0 Å². The lowest BCUT2D eigenvalue weighted by atomic mass is 9.89. The predicted molar refractivity (Wildman–Crippen MR) is 128 cm³/mol. The largest absolute Gasteiger partial charge is 0.321 e. The van der Waals surface area contributed by atoms with Crippen LogP contribution in [0.25, 0.3) is 11.3 Å². The van der Waals surface area contributed by atoms with E-state index in [0.29, 0.717) is 17.1 Å². The van der Waals surface area contributed by atoms with Crippen molar-refractivity contribution in [2.75, 3.05) is 10.0 Å². The number of sulfonamides is 1. The van der Waals surface area contributed by atoms with Gasteiger partial charge in [0.1, 0.15) is 5.69 Å². The van der Waals surface area contributed by atoms with E-state index in [0.717, 1.165) is 35.2 Å². The van der Waals surface area contributed by atoms with Gasteiger partial charge in [0.25, 0.3) is 15.9 Å². The Morgan fingerprint density at radius 3 is 2.36 bits per heavy atom. The number of hydrogen-bond donors (Lipinski definition) is 3. The molecule has 1 aliphatic rings. The highest BCUT2D eigenvalue weighted by atomic mass is 32.2. The maximum atomic E-state index is 12.9. The van der Waals surface area contributed by atoms with Gasteiger partial charge in [0.2, 0.25) is 0 Å². The minimum Gasteiger partial charge on any atom is -0.321 e. The molecule has 0 bridgehead atoms. The summed E-state index contributed by atoms with van der Waals surface area (Å²) in [4.78, 5) is 13.0. The molecule has 0 saturated heterocycles. The number of aromatic nitrogens is 2. The molecule has 166 valence electrons. The fourth-order valence-corrected chi connectivity index (χ4v) is 5.05. The van der Waals surface area contributed by atoms with Crippen LogP contribution in [0.2, 0.25) is 0 Å². The summed E-state index contributed by atoms with van der Waals surface area (Å²) < 4.78 is 27.9. The first kappa shape index (κ1) is 21.0. The van der Waals surface area contributed by atoms with Crippen molar-refractivity contribution in [2.45, 2.75) is 24.7 Å². The Morgan fingerprint density at radius 1 is 0.909 bits per heavy atom. The fourth-order valence-electron chi connectivity index (χ4n) is 3.99. The Labute approximate surface area is 191 Å². The van der Waals surface area contributed by atoms with E-state index in [9.17, 15) is 13.2 Å². The number of benzene rings is 3. The van der Waals surface area contributed by atoms with Gasteiger partial charge >= 0.3 is 0 Å². The second-order valence-electron chi connectivity index (χ2n) is 8.03. The smallest absolute Gasteiger partial charge is 0.273 e. The standard InChI is InChI=1S/C25H22N4O3S/c1-16-6-9-19(10-7-16)29-33(31,32)20-13-11-18(12-14-20)26-25(30)24-22-15-8-17-4-2-3-5-21(17)23(22)27-28-24/h2-7,9-14,29H,8,15H2,1H3,(H,26,30)(H,27,28). The molecule has 7 nitrogen and oxygen atoms in total. The number of fused-ring (bicyclic) bond motifs is 3. The normalized spacial score (nSPS) is 12.5. The Balaban J connectivity index is 1.32. The van der Waals surface area contributed by atoms with Crippen LogP contribution >= 0.6 is 0 Å². The lowest BCUT2D eigenvalue weighted by molar-refractivity contribution is 0.102. The molecular weight excluding hydrogens is 436 g/mol. The summed E-state index contributed by atoms with van der Waals surface area (Å²) in [5.41, 5.74) is 6.43. The summed E-state index contributed by atoms with van der Waals surface area (Å²) in [5, 5.41) is 10.1. The van der Waals surface area contributed by atoms with Gasteiger partial charge in [0.05, 0.1) is 10.6 Å². The van der Waals surface area contributed by atoms with Crippen LogP contribution in [0.4, 0.5) is 11.4 Å². The van der Waals surface area contributed by atoms with Crippen LogP contribution in [-0.4, -0.2) is 24.5 Å². The van der Waals surface area contributed by atoms with Gasteiger partial charge in [-0.2, -0.15) is 5.10 Å². The zero-order valence-corrected chi connectivity index (χ0v) is 18.7. The molecule has 1 aromatic heterocycles. The number of anilines is 2. The lowest BCUT2D eigenvalue weighted by Crippen LogP contribution is -2.16. The van der Waals surface area contributed by atoms with Gasteiger partial charge in [-0.25, -0.2) is 8.42 Å². The van der Waals surface area contributed by atoms with Gasteiger partial charge < -0.3 is 5.32 Å². The van der Waals surface area contributed by atoms with E-state index >= 15 is 0 Å². The number of hydrogen-bond acceptors (Lipinski definition) is 4. The summed E-state index contributed by atoms with van der Waals surface area (Å²) in [7, 11) is -3.73. The molecule has 3 aromatic carbocycles. The van der Waals surface area contributed by atoms with E-state index in [1.165, 1.54) is 17.7 Å². The van der Waals surface area contributed by atoms with E-state index < -0.39 is 10.0 Å².